The van der Waals surface area contributed by atoms with Crippen molar-refractivity contribution in [3.8, 4) is 0 Å². The van der Waals surface area contributed by atoms with E-state index in [0.717, 1.165) is 29.8 Å². The zero-order valence-corrected chi connectivity index (χ0v) is 14.5. The Kier molecular flexibility index (Phi) is 5.48. The van der Waals surface area contributed by atoms with Gasteiger partial charge in [-0.1, -0.05) is 31.0 Å². The Morgan fingerprint density at radius 1 is 1.28 bits per heavy atom. The fourth-order valence-electron chi connectivity index (χ4n) is 3.22. The number of amides is 2. The molecule has 1 heterocycles. The lowest BCUT2D eigenvalue weighted by atomic mass is 10.0. The van der Waals surface area contributed by atoms with Crippen molar-refractivity contribution in [3.63, 3.8) is 0 Å². The first-order valence-corrected chi connectivity index (χ1v) is 8.80. The lowest BCUT2D eigenvalue weighted by molar-refractivity contribution is 0.251. The highest BCUT2D eigenvalue weighted by molar-refractivity contribution is 5.89. The van der Waals surface area contributed by atoms with Crippen LogP contribution in [0.3, 0.4) is 0 Å². The van der Waals surface area contributed by atoms with Crippen molar-refractivity contribution >= 4 is 11.7 Å². The summed E-state index contributed by atoms with van der Waals surface area (Å²) in [4.78, 5) is 28.6. The molecule has 0 bridgehead atoms. The van der Waals surface area contributed by atoms with Crippen molar-refractivity contribution in [2.75, 3.05) is 11.9 Å². The molecule has 1 aliphatic carbocycles. The molecule has 0 radical (unpaired) electrons. The van der Waals surface area contributed by atoms with E-state index in [4.69, 9.17) is 0 Å². The van der Waals surface area contributed by atoms with Gasteiger partial charge in [-0.25, -0.2) is 9.78 Å². The van der Waals surface area contributed by atoms with Crippen LogP contribution in [0.4, 0.5) is 10.5 Å². The van der Waals surface area contributed by atoms with Gasteiger partial charge >= 0.3 is 6.03 Å². The van der Waals surface area contributed by atoms with Crippen molar-refractivity contribution in [1.82, 2.24) is 14.9 Å². The van der Waals surface area contributed by atoms with Crippen molar-refractivity contribution < 1.29 is 4.79 Å². The number of aryl methyl sites for hydroxylation is 1. The number of urea groups is 1. The normalized spacial score (nSPS) is 14.4. The van der Waals surface area contributed by atoms with Crippen LogP contribution in [-0.2, 0) is 6.54 Å². The maximum absolute atomic E-state index is 12.2. The number of aromatic nitrogens is 2. The van der Waals surface area contributed by atoms with Gasteiger partial charge in [-0.2, -0.15) is 0 Å². The zero-order chi connectivity index (χ0) is 17.6. The molecular formula is C19H24N4O2. The quantitative estimate of drug-likeness (QED) is 0.878. The highest BCUT2D eigenvalue weighted by Gasteiger charge is 2.18. The molecule has 1 aromatic carbocycles. The minimum atomic E-state index is -0.280. The van der Waals surface area contributed by atoms with Gasteiger partial charge in [0.1, 0.15) is 0 Å². The standard InChI is InChI=1S/C19H24N4O2/c1-14-6-2-5-9-16(14)22-19(25)20-10-11-23-13-21-17(12-18(23)24)15-7-3-4-8-15/h2,5-6,9,12-13,15H,3-4,7-8,10-11H2,1H3,(H2,20,22,25). The van der Waals surface area contributed by atoms with E-state index in [1.54, 1.807) is 12.4 Å². The van der Waals surface area contributed by atoms with Gasteiger partial charge in [0.15, 0.2) is 0 Å². The van der Waals surface area contributed by atoms with Crippen LogP contribution in [0.5, 0.6) is 0 Å². The Morgan fingerprint density at radius 2 is 2.04 bits per heavy atom. The minimum Gasteiger partial charge on any atom is -0.336 e. The van der Waals surface area contributed by atoms with Crippen LogP contribution >= 0.6 is 0 Å². The topological polar surface area (TPSA) is 76.0 Å². The molecule has 1 fully saturated rings. The minimum absolute atomic E-state index is 0.0574. The molecule has 6 heteroatoms. The summed E-state index contributed by atoms with van der Waals surface area (Å²) >= 11 is 0. The number of carbonyl (C=O) groups excluding carboxylic acids is 1. The summed E-state index contributed by atoms with van der Waals surface area (Å²) in [6.07, 6.45) is 6.27. The van der Waals surface area contributed by atoms with E-state index in [1.165, 1.54) is 17.4 Å². The fraction of sp³-hybridized carbons (Fsp3) is 0.421. The number of benzene rings is 1. The molecule has 25 heavy (non-hydrogen) atoms. The molecule has 0 saturated heterocycles. The van der Waals surface area contributed by atoms with Gasteiger partial charge in [-0.05, 0) is 31.4 Å². The lowest BCUT2D eigenvalue weighted by Crippen LogP contribution is -2.34. The number of rotatable bonds is 5. The van der Waals surface area contributed by atoms with Crippen molar-refractivity contribution in [2.24, 2.45) is 0 Å². The SMILES string of the molecule is Cc1ccccc1NC(=O)NCCn1cnc(C2CCCC2)cc1=O. The molecule has 2 aromatic rings. The van der Waals surface area contributed by atoms with E-state index in [1.807, 2.05) is 31.2 Å². The summed E-state index contributed by atoms with van der Waals surface area (Å²) in [5, 5.41) is 5.57. The number of hydrogen-bond donors (Lipinski definition) is 2. The Labute approximate surface area is 147 Å². The Hall–Kier alpha value is -2.63. The largest absolute Gasteiger partial charge is 0.336 e. The summed E-state index contributed by atoms with van der Waals surface area (Å²) in [5.41, 5.74) is 2.63. The van der Waals surface area contributed by atoms with Gasteiger partial charge in [0.2, 0.25) is 0 Å². The maximum Gasteiger partial charge on any atom is 0.319 e. The first-order chi connectivity index (χ1) is 12.1. The summed E-state index contributed by atoms with van der Waals surface area (Å²) in [7, 11) is 0. The predicted molar refractivity (Wildman–Crippen MR) is 97.9 cm³/mol. The van der Waals surface area contributed by atoms with E-state index >= 15 is 0 Å². The van der Waals surface area contributed by atoms with Crippen LogP contribution in [0.2, 0.25) is 0 Å². The van der Waals surface area contributed by atoms with Crippen LogP contribution in [-0.4, -0.2) is 22.1 Å². The first kappa shape index (κ1) is 17.2. The fourth-order valence-corrected chi connectivity index (χ4v) is 3.22. The lowest BCUT2D eigenvalue weighted by Gasteiger charge is -2.12. The van der Waals surface area contributed by atoms with Gasteiger partial charge in [-0.3, -0.25) is 9.36 Å². The van der Waals surface area contributed by atoms with E-state index < -0.39 is 0 Å². The summed E-state index contributed by atoms with van der Waals surface area (Å²) in [5.74, 6) is 0.431. The molecule has 0 spiro atoms. The van der Waals surface area contributed by atoms with Crippen LogP contribution in [0.1, 0.15) is 42.9 Å². The summed E-state index contributed by atoms with van der Waals surface area (Å²) < 4.78 is 1.53. The molecule has 1 saturated carbocycles. The van der Waals surface area contributed by atoms with E-state index in [-0.39, 0.29) is 11.6 Å². The molecule has 0 atom stereocenters. The third-order valence-electron chi connectivity index (χ3n) is 4.71. The zero-order valence-electron chi connectivity index (χ0n) is 14.5. The van der Waals surface area contributed by atoms with Gasteiger partial charge in [0, 0.05) is 30.8 Å². The molecule has 1 aromatic heterocycles. The molecular weight excluding hydrogens is 316 g/mol. The number of carbonyl (C=O) groups is 1. The second kappa shape index (κ2) is 7.96. The Balaban J connectivity index is 1.51. The average Bonchev–Trinajstić information content (AvgIpc) is 3.13. The monoisotopic (exact) mass is 340 g/mol. The molecule has 1 aliphatic rings. The predicted octanol–water partition coefficient (Wildman–Crippen LogP) is 3.03. The van der Waals surface area contributed by atoms with Crippen LogP contribution in [0, 0.1) is 6.92 Å². The Bertz CT molecular complexity index is 794. The van der Waals surface area contributed by atoms with E-state index in [0.29, 0.717) is 19.0 Å². The maximum atomic E-state index is 12.2. The number of nitrogens with zero attached hydrogens (tertiary/aromatic N) is 2. The van der Waals surface area contributed by atoms with Crippen LogP contribution in [0.25, 0.3) is 0 Å². The van der Waals surface area contributed by atoms with Crippen LogP contribution < -0.4 is 16.2 Å². The molecule has 2 N–H and O–H groups in total. The highest BCUT2D eigenvalue weighted by atomic mass is 16.2. The second-order valence-corrected chi connectivity index (χ2v) is 6.52. The average molecular weight is 340 g/mol. The number of para-hydroxylation sites is 1. The van der Waals surface area contributed by atoms with E-state index in [9.17, 15) is 9.59 Å². The van der Waals surface area contributed by atoms with Crippen molar-refractivity contribution in [1.29, 1.82) is 0 Å². The summed E-state index contributed by atoms with van der Waals surface area (Å²) in [6.45, 7) is 2.70. The number of hydrogen-bond acceptors (Lipinski definition) is 3. The van der Waals surface area contributed by atoms with Crippen molar-refractivity contribution in [2.45, 2.75) is 45.1 Å². The van der Waals surface area contributed by atoms with Gasteiger partial charge in [0.25, 0.3) is 5.56 Å². The smallest absolute Gasteiger partial charge is 0.319 e. The summed E-state index contributed by atoms with van der Waals surface area (Å²) in [6, 6.07) is 8.95. The molecule has 0 unspecified atom stereocenters. The number of nitrogens with one attached hydrogen (secondary N) is 2. The highest BCUT2D eigenvalue weighted by Crippen LogP contribution is 2.32. The molecule has 2 amide bonds. The van der Waals surface area contributed by atoms with Gasteiger partial charge in [0.05, 0.1) is 12.0 Å². The number of anilines is 1. The van der Waals surface area contributed by atoms with E-state index in [2.05, 4.69) is 15.6 Å². The van der Waals surface area contributed by atoms with Gasteiger partial charge in [-0.15, -0.1) is 0 Å². The van der Waals surface area contributed by atoms with Crippen molar-refractivity contribution in [3.05, 3.63) is 58.3 Å². The molecule has 132 valence electrons. The molecule has 0 aliphatic heterocycles. The Morgan fingerprint density at radius 3 is 2.76 bits per heavy atom. The van der Waals surface area contributed by atoms with Crippen LogP contribution in [0.15, 0.2) is 41.5 Å². The third-order valence-corrected chi connectivity index (χ3v) is 4.71. The third kappa shape index (κ3) is 4.47. The second-order valence-electron chi connectivity index (χ2n) is 6.52. The molecule has 6 nitrogen and oxygen atoms in total. The molecule has 3 rings (SSSR count). The first-order valence-electron chi connectivity index (χ1n) is 8.80. The van der Waals surface area contributed by atoms with Gasteiger partial charge < -0.3 is 10.6 Å².